The Kier molecular flexibility index (Phi) is 4.71. The maximum atomic E-state index is 11.0. The first-order valence-electron chi connectivity index (χ1n) is 5.84. The third-order valence-corrected chi connectivity index (χ3v) is 2.83. The fraction of sp³-hybridized carbons (Fsp3) is 0.385. The molecule has 1 amide bonds. The highest BCUT2D eigenvalue weighted by molar-refractivity contribution is 5.93. The van der Waals surface area contributed by atoms with Gasteiger partial charge in [-0.05, 0) is 38.1 Å². The van der Waals surface area contributed by atoms with E-state index in [2.05, 4.69) is 0 Å². The van der Waals surface area contributed by atoms with Crippen molar-refractivity contribution in [3.05, 3.63) is 29.8 Å². The lowest BCUT2D eigenvalue weighted by Crippen LogP contribution is -2.34. The maximum absolute atomic E-state index is 11.0. The first kappa shape index (κ1) is 14.0. The molecule has 0 saturated carbocycles. The zero-order valence-corrected chi connectivity index (χ0v) is 10.6. The monoisotopic (exact) mass is 250 g/mol. The third-order valence-electron chi connectivity index (χ3n) is 2.83. The van der Waals surface area contributed by atoms with Crippen molar-refractivity contribution in [2.45, 2.75) is 26.3 Å². The largest absolute Gasteiger partial charge is 0.481 e. The molecule has 5 nitrogen and oxygen atoms in total. The summed E-state index contributed by atoms with van der Waals surface area (Å²) in [6, 6.07) is 6.75. The normalized spacial score (nSPS) is 11.9. The summed E-state index contributed by atoms with van der Waals surface area (Å²) in [5.41, 5.74) is 6.50. The standard InChI is InChI=1S/C13H18N2O3/c1-3-15(9(2)8-12(16)17)11-6-4-10(5-7-11)13(14)18/h4-7,9H,3,8H2,1-2H3,(H2,14,18)(H,16,17). The average molecular weight is 250 g/mol. The van der Waals surface area contributed by atoms with Crippen LogP contribution in [0.15, 0.2) is 24.3 Å². The highest BCUT2D eigenvalue weighted by Gasteiger charge is 2.16. The van der Waals surface area contributed by atoms with E-state index in [9.17, 15) is 9.59 Å². The number of aliphatic carboxylic acids is 1. The lowest BCUT2D eigenvalue weighted by atomic mass is 10.1. The molecule has 0 aliphatic rings. The molecule has 98 valence electrons. The van der Waals surface area contributed by atoms with Gasteiger partial charge in [0, 0.05) is 23.8 Å². The minimum absolute atomic E-state index is 0.0748. The summed E-state index contributed by atoms with van der Waals surface area (Å²) in [7, 11) is 0. The fourth-order valence-electron chi connectivity index (χ4n) is 1.93. The van der Waals surface area contributed by atoms with Crippen molar-refractivity contribution in [3.8, 4) is 0 Å². The van der Waals surface area contributed by atoms with E-state index in [1.807, 2.05) is 18.7 Å². The zero-order chi connectivity index (χ0) is 13.7. The predicted molar refractivity (Wildman–Crippen MR) is 69.7 cm³/mol. The van der Waals surface area contributed by atoms with Crippen molar-refractivity contribution in [2.75, 3.05) is 11.4 Å². The van der Waals surface area contributed by atoms with E-state index in [0.717, 1.165) is 5.69 Å². The van der Waals surface area contributed by atoms with Crippen molar-refractivity contribution in [2.24, 2.45) is 5.73 Å². The van der Waals surface area contributed by atoms with Gasteiger partial charge in [0.05, 0.1) is 6.42 Å². The van der Waals surface area contributed by atoms with Crippen LogP contribution in [0.3, 0.4) is 0 Å². The molecule has 0 aliphatic carbocycles. The zero-order valence-electron chi connectivity index (χ0n) is 10.6. The highest BCUT2D eigenvalue weighted by Crippen LogP contribution is 2.19. The van der Waals surface area contributed by atoms with E-state index in [0.29, 0.717) is 12.1 Å². The van der Waals surface area contributed by atoms with E-state index in [1.54, 1.807) is 24.3 Å². The number of anilines is 1. The molecule has 18 heavy (non-hydrogen) atoms. The molecule has 1 unspecified atom stereocenters. The number of primary amides is 1. The fourth-order valence-corrected chi connectivity index (χ4v) is 1.93. The van der Waals surface area contributed by atoms with E-state index in [1.165, 1.54) is 0 Å². The molecule has 0 spiro atoms. The molecule has 0 fully saturated rings. The third kappa shape index (κ3) is 3.48. The minimum atomic E-state index is -0.824. The summed E-state index contributed by atoms with van der Waals surface area (Å²) >= 11 is 0. The summed E-state index contributed by atoms with van der Waals surface area (Å²) in [6.07, 6.45) is 0.0748. The van der Waals surface area contributed by atoms with Crippen LogP contribution in [0.25, 0.3) is 0 Å². The van der Waals surface area contributed by atoms with Crippen molar-refractivity contribution in [3.63, 3.8) is 0 Å². The van der Waals surface area contributed by atoms with E-state index in [-0.39, 0.29) is 12.5 Å². The quantitative estimate of drug-likeness (QED) is 0.801. The second-order valence-electron chi connectivity index (χ2n) is 4.14. The summed E-state index contributed by atoms with van der Waals surface area (Å²) in [5, 5.41) is 8.80. The van der Waals surface area contributed by atoms with E-state index >= 15 is 0 Å². The van der Waals surface area contributed by atoms with Gasteiger partial charge in [-0.1, -0.05) is 0 Å². The molecule has 1 rings (SSSR count). The van der Waals surface area contributed by atoms with Crippen molar-refractivity contribution >= 4 is 17.6 Å². The summed E-state index contributed by atoms with van der Waals surface area (Å²) in [4.78, 5) is 23.6. The first-order chi connectivity index (χ1) is 8.45. The Morgan fingerprint density at radius 2 is 1.89 bits per heavy atom. The number of rotatable bonds is 6. The molecule has 1 atom stereocenters. The van der Waals surface area contributed by atoms with E-state index in [4.69, 9.17) is 10.8 Å². The van der Waals surface area contributed by atoms with Gasteiger partial charge >= 0.3 is 5.97 Å². The molecule has 1 aromatic carbocycles. The van der Waals surface area contributed by atoms with Crippen LogP contribution in [-0.2, 0) is 4.79 Å². The Morgan fingerprint density at radius 3 is 2.28 bits per heavy atom. The van der Waals surface area contributed by atoms with Gasteiger partial charge in [0.25, 0.3) is 0 Å². The number of carbonyl (C=O) groups excluding carboxylic acids is 1. The Hall–Kier alpha value is -2.04. The molecule has 1 aromatic rings. The van der Waals surface area contributed by atoms with Crippen LogP contribution in [0.5, 0.6) is 0 Å². The SMILES string of the molecule is CCN(c1ccc(C(N)=O)cc1)C(C)CC(=O)O. The molecule has 3 N–H and O–H groups in total. The second-order valence-corrected chi connectivity index (χ2v) is 4.14. The van der Waals surface area contributed by atoms with Crippen molar-refractivity contribution in [1.29, 1.82) is 0 Å². The lowest BCUT2D eigenvalue weighted by Gasteiger charge is -2.29. The number of amides is 1. The van der Waals surface area contributed by atoms with Crippen LogP contribution >= 0.6 is 0 Å². The van der Waals surface area contributed by atoms with Crippen LogP contribution in [0, 0.1) is 0 Å². The number of carbonyl (C=O) groups is 2. The van der Waals surface area contributed by atoms with Gasteiger partial charge in [-0.25, -0.2) is 0 Å². The molecule has 0 heterocycles. The van der Waals surface area contributed by atoms with Crippen LogP contribution < -0.4 is 10.6 Å². The number of carboxylic acid groups (broad SMARTS) is 1. The van der Waals surface area contributed by atoms with Gasteiger partial charge in [-0.3, -0.25) is 9.59 Å². The number of benzene rings is 1. The number of nitrogens with zero attached hydrogens (tertiary/aromatic N) is 1. The Morgan fingerprint density at radius 1 is 1.33 bits per heavy atom. The smallest absolute Gasteiger partial charge is 0.305 e. The van der Waals surface area contributed by atoms with Crippen LogP contribution in [0.2, 0.25) is 0 Å². The molecule has 0 radical (unpaired) electrons. The predicted octanol–water partition coefficient (Wildman–Crippen LogP) is 1.47. The van der Waals surface area contributed by atoms with Gasteiger partial charge in [-0.15, -0.1) is 0 Å². The van der Waals surface area contributed by atoms with Gasteiger partial charge in [0.1, 0.15) is 0 Å². The maximum Gasteiger partial charge on any atom is 0.305 e. The number of hydrogen-bond acceptors (Lipinski definition) is 3. The number of nitrogens with two attached hydrogens (primary N) is 1. The van der Waals surface area contributed by atoms with Crippen molar-refractivity contribution < 1.29 is 14.7 Å². The topological polar surface area (TPSA) is 83.6 Å². The van der Waals surface area contributed by atoms with Crippen molar-refractivity contribution in [1.82, 2.24) is 0 Å². The summed E-state index contributed by atoms with van der Waals surface area (Å²) in [5.74, 6) is -1.29. The van der Waals surface area contributed by atoms with Crippen LogP contribution in [0.1, 0.15) is 30.6 Å². The summed E-state index contributed by atoms with van der Waals surface area (Å²) in [6.45, 7) is 4.52. The van der Waals surface area contributed by atoms with Gasteiger partial charge in [-0.2, -0.15) is 0 Å². The lowest BCUT2D eigenvalue weighted by molar-refractivity contribution is -0.137. The van der Waals surface area contributed by atoms with Gasteiger partial charge < -0.3 is 15.7 Å². The number of hydrogen-bond donors (Lipinski definition) is 2. The Balaban J connectivity index is 2.88. The van der Waals surface area contributed by atoms with Gasteiger partial charge in [0.15, 0.2) is 0 Å². The van der Waals surface area contributed by atoms with Gasteiger partial charge in [0.2, 0.25) is 5.91 Å². The minimum Gasteiger partial charge on any atom is -0.481 e. The molecule has 5 heteroatoms. The molecular weight excluding hydrogens is 232 g/mol. The molecule has 0 aromatic heterocycles. The Labute approximate surface area is 106 Å². The Bertz CT molecular complexity index is 428. The first-order valence-corrected chi connectivity index (χ1v) is 5.84. The average Bonchev–Trinajstić information content (AvgIpc) is 2.29. The summed E-state index contributed by atoms with van der Waals surface area (Å²) < 4.78 is 0. The molecule has 0 aliphatic heterocycles. The van der Waals surface area contributed by atoms with E-state index < -0.39 is 11.9 Å². The van der Waals surface area contributed by atoms with Crippen LogP contribution in [0.4, 0.5) is 5.69 Å². The highest BCUT2D eigenvalue weighted by atomic mass is 16.4. The second kappa shape index (κ2) is 6.05. The van der Waals surface area contributed by atoms with Crippen LogP contribution in [-0.4, -0.2) is 29.6 Å². The molecule has 0 saturated heterocycles. The molecule has 0 bridgehead atoms. The number of carboxylic acids is 1. The molecular formula is C13H18N2O3.